The zero-order valence-electron chi connectivity index (χ0n) is 49.7. The second-order valence-corrected chi connectivity index (χ2v) is 27.2. The molecule has 0 radical (unpaired) electrons. The van der Waals surface area contributed by atoms with Crippen molar-refractivity contribution in [2.45, 2.75) is 93.7 Å². The van der Waals surface area contributed by atoms with Crippen molar-refractivity contribution in [3.63, 3.8) is 0 Å². The number of nitrogens with zero attached hydrogens (tertiary/aromatic N) is 10. The molecule has 15 rings (SSSR count). The van der Waals surface area contributed by atoms with Gasteiger partial charge in [-0.05, 0) is 178 Å². The summed E-state index contributed by atoms with van der Waals surface area (Å²) in [6, 6.07) is 53.1. The first-order valence-corrected chi connectivity index (χ1v) is 31.7. The lowest BCUT2D eigenvalue weighted by Crippen LogP contribution is -2.41. The largest absolute Gasteiger partial charge is 0.494 e. The SMILES string of the molecule is CC1(C)OB(c2ccc(C3(CO)CC3)cc2)OC1(C)C.CN(c1cccc(-c2ccc(C3(CO)CC3)cc2)c1)c1nc2nncn2c2cc(Cl)ccc12.CN(c1cccc(Br)c1)c1nc2nncn2c2cc(Cl)ccc12.OCC1(c2ccc(Br)cc2)CC1. The third-order valence-electron chi connectivity index (χ3n) is 18.3. The number of aliphatic hydroxyl groups is 3. The van der Waals surface area contributed by atoms with Gasteiger partial charge in [0.1, 0.15) is 24.3 Å². The van der Waals surface area contributed by atoms with E-state index < -0.39 is 0 Å². The topological polar surface area (TPSA) is 172 Å². The number of fused-ring (bicyclic) bond motifs is 6. The Kier molecular flexibility index (Phi) is 17.1. The normalized spacial score (nSPS) is 16.9. The van der Waals surface area contributed by atoms with Crippen LogP contribution in [-0.4, -0.2) is 107 Å². The fourth-order valence-corrected chi connectivity index (χ4v) is 12.2. The van der Waals surface area contributed by atoms with Crippen LogP contribution < -0.4 is 15.3 Å². The molecule has 4 aliphatic rings. The average molecular weight is 1350 g/mol. The quantitative estimate of drug-likeness (QED) is 0.0988. The maximum Gasteiger partial charge on any atom is 0.494 e. The molecular formula is C68H67BBr2Cl2N10O5. The molecule has 5 heterocycles. The maximum atomic E-state index is 9.72. The lowest BCUT2D eigenvalue weighted by atomic mass is 9.78. The minimum atomic E-state index is -0.307. The van der Waals surface area contributed by atoms with Gasteiger partial charge in [-0.2, -0.15) is 9.97 Å². The van der Waals surface area contributed by atoms with Gasteiger partial charge in [0.05, 0.1) is 42.1 Å². The molecule has 1 aliphatic heterocycles. The zero-order valence-corrected chi connectivity index (χ0v) is 54.4. The number of aliphatic hydroxyl groups excluding tert-OH is 3. The average Bonchev–Trinajstić information content (AvgIpc) is 1.32. The Morgan fingerprint density at radius 1 is 0.500 bits per heavy atom. The van der Waals surface area contributed by atoms with Crippen LogP contribution in [-0.2, 0) is 25.6 Å². The van der Waals surface area contributed by atoms with E-state index in [1.165, 1.54) is 16.7 Å². The molecule has 15 nitrogen and oxygen atoms in total. The molecule has 0 unspecified atom stereocenters. The molecule has 4 fully saturated rings. The van der Waals surface area contributed by atoms with Crippen molar-refractivity contribution in [1.82, 2.24) is 39.2 Å². The predicted octanol–water partition coefficient (Wildman–Crippen LogP) is 14.3. The van der Waals surface area contributed by atoms with Crippen molar-refractivity contribution in [3.05, 3.63) is 206 Å². The second kappa shape index (κ2) is 24.5. The molecular weight excluding hydrogens is 1280 g/mol. The molecule has 1 saturated heterocycles. The Labute approximate surface area is 538 Å². The van der Waals surface area contributed by atoms with Gasteiger partial charge in [0.15, 0.2) is 0 Å². The van der Waals surface area contributed by atoms with E-state index in [1.807, 2.05) is 101 Å². The van der Waals surface area contributed by atoms with E-state index in [2.05, 4.69) is 175 Å². The van der Waals surface area contributed by atoms with Gasteiger partial charge in [0, 0.05) is 71.5 Å². The van der Waals surface area contributed by atoms with Crippen LogP contribution in [0.5, 0.6) is 0 Å². The summed E-state index contributed by atoms with van der Waals surface area (Å²) in [5, 5.41) is 47.8. The molecule has 0 bridgehead atoms. The Morgan fingerprint density at radius 3 is 1.35 bits per heavy atom. The summed E-state index contributed by atoms with van der Waals surface area (Å²) in [6.45, 7) is 8.99. The van der Waals surface area contributed by atoms with Crippen LogP contribution >= 0.6 is 55.1 Å². The lowest BCUT2D eigenvalue weighted by Gasteiger charge is -2.32. The number of rotatable bonds is 12. The minimum Gasteiger partial charge on any atom is -0.399 e. The molecule has 450 valence electrons. The first kappa shape index (κ1) is 61.4. The summed E-state index contributed by atoms with van der Waals surface area (Å²) in [6.07, 6.45) is 9.84. The van der Waals surface area contributed by atoms with Crippen LogP contribution in [0.3, 0.4) is 0 Å². The number of hydrogen-bond donors (Lipinski definition) is 3. The highest BCUT2D eigenvalue weighted by molar-refractivity contribution is 9.10. The monoisotopic (exact) mass is 1340 g/mol. The minimum absolute atomic E-state index is 0.0173. The third-order valence-corrected chi connectivity index (χ3v) is 19.8. The van der Waals surface area contributed by atoms with Gasteiger partial charge >= 0.3 is 7.12 Å². The number of benzene rings is 7. The molecule has 88 heavy (non-hydrogen) atoms. The maximum absolute atomic E-state index is 9.72. The molecule has 0 atom stereocenters. The van der Waals surface area contributed by atoms with Crippen molar-refractivity contribution in [2.24, 2.45) is 0 Å². The van der Waals surface area contributed by atoms with Crippen LogP contribution in [0.4, 0.5) is 23.0 Å². The molecule has 0 amide bonds. The van der Waals surface area contributed by atoms with Gasteiger partial charge in [-0.1, -0.05) is 134 Å². The van der Waals surface area contributed by atoms with Crippen LogP contribution in [0.15, 0.2) is 179 Å². The number of halogens is 4. The van der Waals surface area contributed by atoms with E-state index in [-0.39, 0.29) is 54.4 Å². The number of anilines is 4. The molecule has 0 spiro atoms. The summed E-state index contributed by atoms with van der Waals surface area (Å²) < 4.78 is 17.9. The standard InChI is InChI=1S/C26H22ClN5O.C16H23BO3.C16H11BrClN5.C10H11BrO/c1-31(24-22-10-9-20(27)14-23(22)32-16-28-30-25(32)29-24)21-4-2-3-18(13-21)17-5-7-19(8-6-17)26(15-33)11-12-26;1-14(2)15(3,4)20-17(19-14)13-7-5-12(6-8-13)16(11-18)9-10-16;1-22(12-4-2-3-10(17)7-12)15-13-6-5-11(18)8-14(13)23-9-19-21-16(23)20-15;11-9-3-1-8(2-4-9)10(7-12)5-6-10/h2-10,13-14,16,33H,11-12,15H2,1H3;5-8,18H,9-11H2,1-4H3;2-9H,1H3;1-4,12H,5-7H2. The molecule has 11 aromatic rings. The number of aromatic nitrogens is 8. The van der Waals surface area contributed by atoms with E-state index in [1.54, 1.807) is 12.7 Å². The Balaban J connectivity index is 0.000000121. The molecule has 3 aliphatic carbocycles. The fourth-order valence-electron chi connectivity index (χ4n) is 11.2. The second-order valence-electron chi connectivity index (χ2n) is 24.5. The van der Waals surface area contributed by atoms with Crippen LogP contribution in [0.1, 0.15) is 82.9 Å². The van der Waals surface area contributed by atoms with Gasteiger partial charge in [0.2, 0.25) is 0 Å². The van der Waals surface area contributed by atoms with Gasteiger partial charge in [0.25, 0.3) is 11.6 Å². The van der Waals surface area contributed by atoms with Crippen molar-refractivity contribution in [3.8, 4) is 11.1 Å². The highest BCUT2D eigenvalue weighted by atomic mass is 79.9. The summed E-state index contributed by atoms with van der Waals surface area (Å²) in [4.78, 5) is 13.5. The fraction of sp³-hybridized carbons (Fsp3) is 0.294. The van der Waals surface area contributed by atoms with E-state index in [0.29, 0.717) is 21.6 Å². The molecule has 3 saturated carbocycles. The van der Waals surface area contributed by atoms with Gasteiger partial charge in [-0.3, -0.25) is 8.80 Å². The van der Waals surface area contributed by atoms with Gasteiger partial charge < -0.3 is 34.4 Å². The third kappa shape index (κ3) is 12.3. The molecule has 3 N–H and O–H groups in total. The van der Waals surface area contributed by atoms with E-state index >= 15 is 0 Å². The summed E-state index contributed by atoms with van der Waals surface area (Å²) in [7, 11) is 3.67. The van der Waals surface area contributed by atoms with Crippen molar-refractivity contribution in [1.29, 1.82) is 0 Å². The smallest absolute Gasteiger partial charge is 0.399 e. The first-order chi connectivity index (χ1) is 42.3. The van der Waals surface area contributed by atoms with E-state index in [4.69, 9.17) is 42.6 Å². The summed E-state index contributed by atoms with van der Waals surface area (Å²) in [5.74, 6) is 2.65. The van der Waals surface area contributed by atoms with Crippen molar-refractivity contribution in [2.75, 3.05) is 43.7 Å². The highest BCUT2D eigenvalue weighted by Crippen LogP contribution is 2.50. The number of hydrogen-bond acceptors (Lipinski definition) is 13. The van der Waals surface area contributed by atoms with Crippen molar-refractivity contribution >= 4 is 124 Å². The van der Waals surface area contributed by atoms with Gasteiger partial charge in [-0.15, -0.1) is 20.4 Å². The van der Waals surface area contributed by atoms with Crippen LogP contribution in [0.25, 0.3) is 44.5 Å². The summed E-state index contributed by atoms with van der Waals surface area (Å²) >= 11 is 19.3. The molecule has 20 heteroatoms. The summed E-state index contributed by atoms with van der Waals surface area (Å²) in [5.41, 5.74) is 10.4. The van der Waals surface area contributed by atoms with Crippen LogP contribution in [0, 0.1) is 0 Å². The van der Waals surface area contributed by atoms with Crippen LogP contribution in [0.2, 0.25) is 10.0 Å². The van der Waals surface area contributed by atoms with Gasteiger partial charge in [-0.25, -0.2) is 0 Å². The Bertz CT molecular complexity index is 4320. The Hall–Kier alpha value is -6.84. The highest BCUT2D eigenvalue weighted by Gasteiger charge is 2.52. The van der Waals surface area contributed by atoms with E-state index in [0.717, 1.165) is 109 Å². The zero-order chi connectivity index (χ0) is 61.8. The Morgan fingerprint density at radius 2 is 0.920 bits per heavy atom. The van der Waals surface area contributed by atoms with Crippen molar-refractivity contribution < 1.29 is 24.6 Å². The molecule has 4 aromatic heterocycles. The molecule has 7 aromatic carbocycles. The first-order valence-electron chi connectivity index (χ1n) is 29.3. The lowest BCUT2D eigenvalue weighted by molar-refractivity contribution is 0.00578. The van der Waals surface area contributed by atoms with E-state index in [9.17, 15) is 10.2 Å². The predicted molar refractivity (Wildman–Crippen MR) is 359 cm³/mol.